The maximum Gasteiger partial charge on any atom is 0.416 e. The molecule has 1 aliphatic carbocycles. The minimum atomic E-state index is -4.21. The molecule has 1 unspecified atom stereocenters. The lowest BCUT2D eigenvalue weighted by Crippen LogP contribution is -2.27. The van der Waals surface area contributed by atoms with E-state index in [1.807, 2.05) is 29.8 Å². The second kappa shape index (κ2) is 4.22. The molecule has 1 atom stereocenters. The summed E-state index contributed by atoms with van der Waals surface area (Å²) >= 11 is 1.99. The number of rotatable bonds is 2. The van der Waals surface area contributed by atoms with E-state index in [-0.39, 0.29) is 5.41 Å². The van der Waals surface area contributed by atoms with Crippen molar-refractivity contribution >= 4 is 22.9 Å². The van der Waals surface area contributed by atoms with Gasteiger partial charge < -0.3 is 0 Å². The second-order valence-electron chi connectivity index (χ2n) is 3.66. The van der Waals surface area contributed by atoms with E-state index in [2.05, 4.69) is 3.53 Å². The number of hydrogen-bond acceptors (Lipinski definition) is 1. The van der Waals surface area contributed by atoms with Crippen LogP contribution in [-0.4, -0.2) is 12.7 Å². The van der Waals surface area contributed by atoms with Gasteiger partial charge in [0.25, 0.3) is 0 Å². The van der Waals surface area contributed by atoms with Gasteiger partial charge in [-0.25, -0.2) is 0 Å². The maximum absolute atomic E-state index is 12.2. The van der Waals surface area contributed by atoms with E-state index >= 15 is 0 Å². The van der Waals surface area contributed by atoms with Crippen molar-refractivity contribution in [3.63, 3.8) is 0 Å². The van der Waals surface area contributed by atoms with Crippen molar-refractivity contribution in [2.45, 2.75) is 19.5 Å². The summed E-state index contributed by atoms with van der Waals surface area (Å²) in [6.45, 7) is 2.60. The Balaban J connectivity index is 2.71. The zero-order valence-electron chi connectivity index (χ0n) is 7.66. The van der Waals surface area contributed by atoms with E-state index in [1.54, 1.807) is 6.08 Å². The summed E-state index contributed by atoms with van der Waals surface area (Å²) in [7, 11) is 0. The minimum Gasteiger partial charge on any atom is -0.260 e. The molecule has 0 aromatic rings. The first kappa shape index (κ1) is 12.0. The lowest BCUT2D eigenvalue weighted by molar-refractivity contribution is -0.0888. The van der Waals surface area contributed by atoms with Gasteiger partial charge in [0.2, 0.25) is 0 Å². The van der Waals surface area contributed by atoms with E-state index in [0.717, 1.165) is 6.08 Å². The van der Waals surface area contributed by atoms with Gasteiger partial charge in [-0.1, -0.05) is 25.2 Å². The van der Waals surface area contributed by atoms with Crippen LogP contribution in [0.5, 0.6) is 0 Å². The Kier molecular flexibility index (Phi) is 3.63. The van der Waals surface area contributed by atoms with E-state index in [0.29, 0.717) is 13.0 Å². The average Bonchev–Trinajstić information content (AvgIpc) is 2.03. The summed E-state index contributed by atoms with van der Waals surface area (Å²) in [6, 6.07) is 0. The van der Waals surface area contributed by atoms with Crippen molar-refractivity contribution < 1.29 is 13.2 Å². The Bertz CT molecular complexity index is 270. The van der Waals surface area contributed by atoms with Crippen molar-refractivity contribution in [3.05, 3.63) is 23.8 Å². The van der Waals surface area contributed by atoms with Crippen molar-refractivity contribution in [1.29, 1.82) is 0 Å². The van der Waals surface area contributed by atoms with Gasteiger partial charge in [-0.2, -0.15) is 13.2 Å². The summed E-state index contributed by atoms with van der Waals surface area (Å²) in [5, 5.41) is 0. The Labute approximate surface area is 94.9 Å². The van der Waals surface area contributed by atoms with Gasteiger partial charge in [-0.05, 0) is 6.42 Å². The molecular weight excluding hydrogens is 306 g/mol. The fourth-order valence-corrected chi connectivity index (χ4v) is 2.14. The van der Waals surface area contributed by atoms with E-state index in [9.17, 15) is 13.2 Å². The van der Waals surface area contributed by atoms with Crippen LogP contribution in [0.25, 0.3) is 0 Å². The molecule has 0 heterocycles. The molecule has 0 bridgehead atoms. The average molecular weight is 317 g/mol. The molecule has 0 aliphatic heterocycles. The molecule has 14 heavy (non-hydrogen) atoms. The first-order chi connectivity index (χ1) is 6.37. The molecule has 0 saturated heterocycles. The lowest BCUT2D eigenvalue weighted by atomic mass is 9.82. The minimum absolute atomic E-state index is 0.198. The normalized spacial score (nSPS) is 27.6. The van der Waals surface area contributed by atoms with Crippen LogP contribution in [0, 0.1) is 5.41 Å². The number of nitrogens with one attached hydrogen (secondary N) is 1. The summed E-state index contributed by atoms with van der Waals surface area (Å²) in [4.78, 5) is 0. The van der Waals surface area contributed by atoms with Crippen molar-refractivity contribution in [1.82, 2.24) is 3.53 Å². The molecule has 1 N–H and O–H groups in total. The highest BCUT2D eigenvalue weighted by atomic mass is 127. The van der Waals surface area contributed by atoms with Gasteiger partial charge in [0.15, 0.2) is 0 Å². The monoisotopic (exact) mass is 317 g/mol. The highest BCUT2D eigenvalue weighted by molar-refractivity contribution is 14.1. The van der Waals surface area contributed by atoms with Crippen molar-refractivity contribution in [2.24, 2.45) is 5.41 Å². The topological polar surface area (TPSA) is 12.0 Å². The maximum atomic E-state index is 12.2. The van der Waals surface area contributed by atoms with Gasteiger partial charge in [0.05, 0.1) is 5.57 Å². The third-order valence-electron chi connectivity index (χ3n) is 2.25. The molecular formula is C9H11F3IN. The van der Waals surface area contributed by atoms with E-state index < -0.39 is 11.7 Å². The summed E-state index contributed by atoms with van der Waals surface area (Å²) < 4.78 is 39.7. The largest absolute Gasteiger partial charge is 0.416 e. The molecule has 0 aromatic heterocycles. The van der Waals surface area contributed by atoms with Crippen LogP contribution < -0.4 is 3.53 Å². The Morgan fingerprint density at radius 3 is 2.57 bits per heavy atom. The third kappa shape index (κ3) is 2.98. The zero-order valence-corrected chi connectivity index (χ0v) is 9.82. The Hall–Kier alpha value is -0.0400. The second-order valence-corrected chi connectivity index (χ2v) is 4.42. The molecule has 0 amide bonds. The van der Waals surface area contributed by atoms with Crippen LogP contribution in [-0.2, 0) is 0 Å². The molecule has 0 aromatic carbocycles. The van der Waals surface area contributed by atoms with E-state index in [4.69, 9.17) is 0 Å². The number of allylic oxidation sites excluding steroid dienone is 3. The predicted molar refractivity (Wildman–Crippen MR) is 58.0 cm³/mol. The first-order valence-electron chi connectivity index (χ1n) is 4.17. The van der Waals surface area contributed by atoms with Crippen molar-refractivity contribution in [3.8, 4) is 0 Å². The molecule has 0 spiro atoms. The smallest absolute Gasteiger partial charge is 0.260 e. The van der Waals surface area contributed by atoms with Gasteiger partial charge in [-0.15, -0.1) is 0 Å². The van der Waals surface area contributed by atoms with Crippen LogP contribution in [0.3, 0.4) is 0 Å². The van der Waals surface area contributed by atoms with Gasteiger partial charge in [0, 0.05) is 34.8 Å². The molecule has 0 radical (unpaired) electrons. The first-order valence-corrected chi connectivity index (χ1v) is 5.25. The quantitative estimate of drug-likeness (QED) is 0.608. The van der Waals surface area contributed by atoms with Crippen LogP contribution in [0.4, 0.5) is 13.2 Å². The molecule has 1 rings (SSSR count). The molecule has 5 heteroatoms. The molecule has 0 saturated carbocycles. The number of halogens is 4. The van der Waals surface area contributed by atoms with E-state index in [1.165, 1.54) is 6.08 Å². The van der Waals surface area contributed by atoms with Crippen LogP contribution in [0.1, 0.15) is 13.3 Å². The SMILES string of the molecule is CC1(CNI)C=CC(C(F)(F)F)=CC1. The molecule has 1 aliphatic rings. The third-order valence-corrected chi connectivity index (χ3v) is 2.63. The van der Waals surface area contributed by atoms with Crippen LogP contribution >= 0.6 is 22.9 Å². The van der Waals surface area contributed by atoms with Gasteiger partial charge in [-0.3, -0.25) is 3.53 Å². The van der Waals surface area contributed by atoms with Gasteiger partial charge in [0.1, 0.15) is 0 Å². The zero-order chi connectivity index (χ0) is 10.8. The highest BCUT2D eigenvalue weighted by Crippen LogP contribution is 2.35. The number of alkyl halides is 3. The predicted octanol–water partition coefficient (Wildman–Crippen LogP) is 3.38. The van der Waals surface area contributed by atoms with Gasteiger partial charge >= 0.3 is 6.18 Å². The van der Waals surface area contributed by atoms with Crippen LogP contribution in [0.15, 0.2) is 23.8 Å². The fourth-order valence-electron chi connectivity index (χ4n) is 1.26. The Morgan fingerprint density at radius 2 is 2.21 bits per heavy atom. The highest BCUT2D eigenvalue weighted by Gasteiger charge is 2.35. The summed E-state index contributed by atoms with van der Waals surface area (Å²) in [5.74, 6) is 0. The Morgan fingerprint density at radius 1 is 1.57 bits per heavy atom. The summed E-state index contributed by atoms with van der Waals surface area (Å²) in [6.07, 6.45) is 0.261. The molecule has 1 nitrogen and oxygen atoms in total. The molecule has 80 valence electrons. The van der Waals surface area contributed by atoms with Crippen LogP contribution in [0.2, 0.25) is 0 Å². The number of hydrogen-bond donors (Lipinski definition) is 1. The lowest BCUT2D eigenvalue weighted by Gasteiger charge is -2.27. The summed E-state index contributed by atoms with van der Waals surface area (Å²) in [5.41, 5.74) is -0.737. The molecule has 0 fully saturated rings. The standard InChI is InChI=1S/C9H11F3IN/c1-8(6-14-13)4-2-7(3-5-8)9(10,11)12/h2-4,14H,5-6H2,1H3. The van der Waals surface area contributed by atoms with Crippen molar-refractivity contribution in [2.75, 3.05) is 6.54 Å². The fraction of sp³-hybridized carbons (Fsp3) is 0.556.